The van der Waals surface area contributed by atoms with E-state index in [0.29, 0.717) is 26.2 Å². The number of nitrogens with two attached hydrogens (primary N) is 1. The normalized spacial score (nSPS) is 12.2. The summed E-state index contributed by atoms with van der Waals surface area (Å²) >= 11 is 0. The van der Waals surface area contributed by atoms with Crippen molar-refractivity contribution in [1.29, 1.82) is 0 Å². The fourth-order valence-corrected chi connectivity index (χ4v) is 0.744. The highest BCUT2D eigenvalue weighted by Crippen LogP contribution is 1.93. The molecule has 0 amide bonds. The molecule has 0 saturated carbocycles. The van der Waals surface area contributed by atoms with Gasteiger partial charge in [-0.25, -0.2) is 0 Å². The smallest absolute Gasteiger partial charge is 0.322 e. The molecule has 1 unspecified atom stereocenters. The Balaban J connectivity index is 3.43. The Hall–Kier alpha value is -0.870. The summed E-state index contributed by atoms with van der Waals surface area (Å²) in [6, 6.07) is -0.579. The van der Waals surface area contributed by atoms with Crippen molar-refractivity contribution in [1.82, 2.24) is 0 Å². The summed E-state index contributed by atoms with van der Waals surface area (Å²) in [5, 5.41) is 0. The van der Waals surface area contributed by atoms with Gasteiger partial charge in [-0.1, -0.05) is 6.08 Å². The number of rotatable bonds is 7. The molecule has 0 aromatic carbocycles. The average Bonchev–Trinajstić information content (AvgIpc) is 2.12. The summed E-state index contributed by atoms with van der Waals surface area (Å²) in [7, 11) is 0. The number of carbonyl (C=O) groups is 1. The van der Waals surface area contributed by atoms with Gasteiger partial charge in [-0.15, -0.1) is 6.58 Å². The quantitative estimate of drug-likeness (QED) is 0.357. The van der Waals surface area contributed by atoms with Gasteiger partial charge in [0.05, 0.1) is 13.2 Å². The zero-order valence-corrected chi connectivity index (χ0v) is 7.99. The van der Waals surface area contributed by atoms with Gasteiger partial charge < -0.3 is 15.2 Å². The summed E-state index contributed by atoms with van der Waals surface area (Å²) in [6.07, 6.45) is 2.13. The Kier molecular flexibility index (Phi) is 7.24. The molecule has 0 saturated heterocycles. The van der Waals surface area contributed by atoms with Crippen molar-refractivity contribution in [2.75, 3.05) is 19.8 Å². The molecule has 0 bridgehead atoms. The van der Waals surface area contributed by atoms with Crippen LogP contribution < -0.4 is 5.73 Å². The minimum absolute atomic E-state index is 0.361. The molecular weight excluding hydrogens is 170 g/mol. The number of esters is 1. The Morgan fingerprint density at radius 1 is 1.69 bits per heavy atom. The fourth-order valence-electron chi connectivity index (χ4n) is 0.744. The predicted octanol–water partition coefficient (Wildman–Crippen LogP) is 0.469. The third-order valence-corrected chi connectivity index (χ3v) is 1.40. The highest BCUT2D eigenvalue weighted by Gasteiger charge is 2.13. The van der Waals surface area contributed by atoms with Gasteiger partial charge in [-0.05, 0) is 13.3 Å². The van der Waals surface area contributed by atoms with Gasteiger partial charge >= 0.3 is 5.97 Å². The van der Waals surface area contributed by atoms with Crippen molar-refractivity contribution in [2.24, 2.45) is 5.73 Å². The van der Waals surface area contributed by atoms with Crippen LogP contribution in [0.2, 0.25) is 0 Å². The molecule has 13 heavy (non-hydrogen) atoms. The zero-order valence-electron chi connectivity index (χ0n) is 7.99. The molecule has 2 N–H and O–H groups in total. The Bertz CT molecular complexity index is 159. The molecule has 0 rings (SSSR count). The second kappa shape index (κ2) is 7.76. The summed E-state index contributed by atoms with van der Waals surface area (Å²) in [4.78, 5) is 11.0. The van der Waals surface area contributed by atoms with Crippen LogP contribution in [0.5, 0.6) is 0 Å². The van der Waals surface area contributed by atoms with Gasteiger partial charge in [-0.3, -0.25) is 4.79 Å². The second-order valence-corrected chi connectivity index (χ2v) is 2.51. The highest BCUT2D eigenvalue weighted by atomic mass is 16.5. The highest BCUT2D eigenvalue weighted by molar-refractivity contribution is 5.75. The molecule has 0 aliphatic carbocycles. The molecule has 0 spiro atoms. The minimum Gasteiger partial charge on any atom is -0.465 e. The fraction of sp³-hybridized carbons (Fsp3) is 0.667. The molecule has 0 aliphatic rings. The topological polar surface area (TPSA) is 61.5 Å². The first-order chi connectivity index (χ1) is 6.22. The molecule has 0 heterocycles. The SMILES string of the molecule is C=CCOCCC(N)C(=O)OCC. The third-order valence-electron chi connectivity index (χ3n) is 1.40. The van der Waals surface area contributed by atoms with E-state index in [-0.39, 0.29) is 5.97 Å². The van der Waals surface area contributed by atoms with E-state index in [1.54, 1.807) is 13.0 Å². The van der Waals surface area contributed by atoms with Crippen LogP contribution in [0.1, 0.15) is 13.3 Å². The number of carbonyl (C=O) groups excluding carboxylic acids is 1. The van der Waals surface area contributed by atoms with Crippen LogP contribution in [0.4, 0.5) is 0 Å². The largest absolute Gasteiger partial charge is 0.465 e. The van der Waals surface area contributed by atoms with Crippen LogP contribution in [-0.4, -0.2) is 31.8 Å². The van der Waals surface area contributed by atoms with E-state index >= 15 is 0 Å². The lowest BCUT2D eigenvalue weighted by Crippen LogP contribution is -2.33. The van der Waals surface area contributed by atoms with Crippen LogP contribution in [0.15, 0.2) is 12.7 Å². The van der Waals surface area contributed by atoms with Crippen molar-refractivity contribution in [3.8, 4) is 0 Å². The lowest BCUT2D eigenvalue weighted by molar-refractivity contribution is -0.145. The van der Waals surface area contributed by atoms with Crippen molar-refractivity contribution in [3.63, 3.8) is 0 Å². The van der Waals surface area contributed by atoms with Crippen molar-refractivity contribution in [3.05, 3.63) is 12.7 Å². The van der Waals surface area contributed by atoms with Crippen LogP contribution in [0.3, 0.4) is 0 Å². The minimum atomic E-state index is -0.579. The molecular formula is C9H17NO3. The Morgan fingerprint density at radius 3 is 2.92 bits per heavy atom. The van der Waals surface area contributed by atoms with Gasteiger partial charge in [0.1, 0.15) is 6.04 Å². The summed E-state index contributed by atoms with van der Waals surface area (Å²) in [6.45, 7) is 6.54. The van der Waals surface area contributed by atoms with Gasteiger partial charge in [0.25, 0.3) is 0 Å². The van der Waals surface area contributed by atoms with Gasteiger partial charge in [-0.2, -0.15) is 0 Å². The monoisotopic (exact) mass is 187 g/mol. The van der Waals surface area contributed by atoms with Gasteiger partial charge in [0.2, 0.25) is 0 Å². The number of hydrogen-bond donors (Lipinski definition) is 1. The second-order valence-electron chi connectivity index (χ2n) is 2.51. The summed E-state index contributed by atoms with van der Waals surface area (Å²) in [5.41, 5.74) is 5.51. The molecule has 1 atom stereocenters. The lowest BCUT2D eigenvalue weighted by atomic mass is 10.2. The summed E-state index contributed by atoms with van der Waals surface area (Å²) in [5.74, 6) is -0.371. The van der Waals surface area contributed by atoms with Crippen LogP contribution in [0.25, 0.3) is 0 Å². The van der Waals surface area contributed by atoms with E-state index in [0.717, 1.165) is 0 Å². The van der Waals surface area contributed by atoms with Crippen molar-refractivity contribution >= 4 is 5.97 Å². The third kappa shape index (κ3) is 6.31. The first-order valence-corrected chi connectivity index (χ1v) is 4.33. The first-order valence-electron chi connectivity index (χ1n) is 4.33. The van der Waals surface area contributed by atoms with E-state index in [9.17, 15) is 4.79 Å². The maximum absolute atomic E-state index is 11.0. The summed E-state index contributed by atoms with van der Waals surface area (Å²) < 4.78 is 9.80. The van der Waals surface area contributed by atoms with Crippen molar-refractivity contribution < 1.29 is 14.3 Å². The molecule has 76 valence electrons. The molecule has 0 aliphatic heterocycles. The zero-order chi connectivity index (χ0) is 10.1. The standard InChI is InChI=1S/C9H17NO3/c1-3-6-12-7-5-8(10)9(11)13-4-2/h3,8H,1,4-7,10H2,2H3. The lowest BCUT2D eigenvalue weighted by Gasteiger charge is -2.09. The van der Waals surface area contributed by atoms with E-state index in [4.69, 9.17) is 15.2 Å². The maximum Gasteiger partial charge on any atom is 0.322 e. The van der Waals surface area contributed by atoms with E-state index in [2.05, 4.69) is 6.58 Å². The molecule has 4 heteroatoms. The predicted molar refractivity (Wildman–Crippen MR) is 50.2 cm³/mol. The Labute approximate surface area is 78.7 Å². The Morgan fingerprint density at radius 2 is 2.38 bits per heavy atom. The first kappa shape index (κ1) is 12.1. The van der Waals surface area contributed by atoms with Gasteiger partial charge in [0.15, 0.2) is 0 Å². The van der Waals surface area contributed by atoms with Crippen LogP contribution in [0, 0.1) is 0 Å². The van der Waals surface area contributed by atoms with Crippen molar-refractivity contribution in [2.45, 2.75) is 19.4 Å². The molecule has 4 nitrogen and oxygen atoms in total. The van der Waals surface area contributed by atoms with E-state index in [1.807, 2.05) is 0 Å². The number of hydrogen-bond acceptors (Lipinski definition) is 4. The molecule has 0 aromatic heterocycles. The van der Waals surface area contributed by atoms with Gasteiger partial charge in [0, 0.05) is 6.61 Å². The molecule has 0 fully saturated rings. The van der Waals surface area contributed by atoms with Crippen LogP contribution in [-0.2, 0) is 14.3 Å². The van der Waals surface area contributed by atoms with Crippen LogP contribution >= 0.6 is 0 Å². The molecule has 0 aromatic rings. The van der Waals surface area contributed by atoms with E-state index in [1.165, 1.54) is 0 Å². The number of ether oxygens (including phenoxy) is 2. The molecule has 0 radical (unpaired) electrons. The maximum atomic E-state index is 11.0. The average molecular weight is 187 g/mol. The van der Waals surface area contributed by atoms with E-state index < -0.39 is 6.04 Å².